The van der Waals surface area contributed by atoms with E-state index in [1.807, 2.05) is 0 Å². The van der Waals surface area contributed by atoms with E-state index in [0.717, 1.165) is 28.8 Å². The first-order valence-electron chi connectivity index (χ1n) is 4.97. The number of aliphatic hydroxyl groups is 1. The molecule has 4 nitrogen and oxygen atoms in total. The number of thioether (sulfide) groups is 2. The van der Waals surface area contributed by atoms with Gasteiger partial charge in [0.1, 0.15) is 0 Å². The summed E-state index contributed by atoms with van der Waals surface area (Å²) in [4.78, 5) is 4.31. The maximum Gasteiger partial charge on any atom is 0.233 e. The Bertz CT molecular complexity index is 319. The van der Waals surface area contributed by atoms with Crippen LogP contribution in [0.25, 0.3) is 0 Å². The second-order valence-electron chi connectivity index (χ2n) is 3.40. The summed E-state index contributed by atoms with van der Waals surface area (Å²) in [6.07, 6.45) is -0.331. The average molecular weight is 246 g/mol. The molecule has 1 fully saturated rings. The maximum atomic E-state index is 9.67. The Balaban J connectivity index is 1.99. The lowest BCUT2D eigenvalue weighted by Gasteiger charge is -2.06. The van der Waals surface area contributed by atoms with Gasteiger partial charge >= 0.3 is 0 Å². The minimum atomic E-state index is -0.331. The number of hydrogen-bond acceptors (Lipinski definition) is 6. The molecule has 2 unspecified atom stereocenters. The third-order valence-corrected chi connectivity index (χ3v) is 4.33. The molecule has 1 saturated heterocycles. The van der Waals surface area contributed by atoms with Crippen molar-refractivity contribution in [1.29, 1.82) is 0 Å². The van der Waals surface area contributed by atoms with E-state index in [2.05, 4.69) is 17.1 Å². The molecule has 6 heteroatoms. The predicted molar refractivity (Wildman–Crippen MR) is 62.2 cm³/mol. The molecule has 0 spiro atoms. The van der Waals surface area contributed by atoms with Crippen molar-refractivity contribution in [2.75, 3.05) is 17.3 Å². The fraction of sp³-hybridized carbons (Fsp3) is 0.778. The summed E-state index contributed by atoms with van der Waals surface area (Å²) in [5.74, 6) is 4.85. The zero-order valence-corrected chi connectivity index (χ0v) is 10.2. The Morgan fingerprint density at radius 1 is 1.60 bits per heavy atom. The van der Waals surface area contributed by atoms with Gasteiger partial charge in [0.2, 0.25) is 5.89 Å². The van der Waals surface area contributed by atoms with Crippen molar-refractivity contribution in [2.45, 2.75) is 24.7 Å². The van der Waals surface area contributed by atoms with E-state index in [1.165, 1.54) is 0 Å². The highest BCUT2D eigenvalue weighted by Gasteiger charge is 2.31. The minimum Gasteiger partial charge on any atom is -0.391 e. The van der Waals surface area contributed by atoms with Crippen LogP contribution in [0.2, 0.25) is 0 Å². The van der Waals surface area contributed by atoms with Gasteiger partial charge in [0.15, 0.2) is 5.82 Å². The molecule has 1 aliphatic rings. The minimum absolute atomic E-state index is 0.0304. The lowest BCUT2D eigenvalue weighted by Crippen LogP contribution is -2.15. The van der Waals surface area contributed by atoms with Crippen LogP contribution in [0.1, 0.15) is 24.6 Å². The SMILES string of the molecule is CCSCc1noc(C2CSCC2O)n1. The van der Waals surface area contributed by atoms with Gasteiger partial charge in [-0.2, -0.15) is 28.5 Å². The highest BCUT2D eigenvalue weighted by atomic mass is 32.2. The topological polar surface area (TPSA) is 59.2 Å². The Hall–Kier alpha value is -0.200. The molecule has 0 amide bonds. The Kier molecular flexibility index (Phi) is 3.93. The van der Waals surface area contributed by atoms with Gasteiger partial charge in [0, 0.05) is 11.5 Å². The first-order chi connectivity index (χ1) is 7.31. The second-order valence-corrected chi connectivity index (χ2v) is 5.75. The summed E-state index contributed by atoms with van der Waals surface area (Å²) in [6.45, 7) is 2.10. The van der Waals surface area contributed by atoms with Gasteiger partial charge in [-0.3, -0.25) is 0 Å². The zero-order valence-electron chi connectivity index (χ0n) is 8.55. The first kappa shape index (κ1) is 11.3. The van der Waals surface area contributed by atoms with Crippen LogP contribution >= 0.6 is 23.5 Å². The van der Waals surface area contributed by atoms with Crippen LogP contribution < -0.4 is 0 Å². The summed E-state index contributed by atoms with van der Waals surface area (Å²) in [5.41, 5.74) is 0. The Labute approximate surface area is 97.2 Å². The number of aliphatic hydroxyl groups excluding tert-OH is 1. The van der Waals surface area contributed by atoms with E-state index >= 15 is 0 Å². The van der Waals surface area contributed by atoms with Crippen molar-refractivity contribution in [3.8, 4) is 0 Å². The fourth-order valence-electron chi connectivity index (χ4n) is 1.45. The van der Waals surface area contributed by atoms with E-state index in [-0.39, 0.29) is 12.0 Å². The summed E-state index contributed by atoms with van der Waals surface area (Å²) in [6, 6.07) is 0. The quantitative estimate of drug-likeness (QED) is 0.869. The van der Waals surface area contributed by atoms with Crippen molar-refractivity contribution >= 4 is 23.5 Å². The van der Waals surface area contributed by atoms with Crippen LogP contribution in [0.4, 0.5) is 0 Å². The monoisotopic (exact) mass is 246 g/mol. The number of rotatable bonds is 4. The van der Waals surface area contributed by atoms with Crippen molar-refractivity contribution in [3.05, 3.63) is 11.7 Å². The van der Waals surface area contributed by atoms with Crippen molar-refractivity contribution in [1.82, 2.24) is 10.1 Å². The molecule has 0 aromatic carbocycles. The smallest absolute Gasteiger partial charge is 0.233 e. The fourth-order valence-corrected chi connectivity index (χ4v) is 3.18. The van der Waals surface area contributed by atoms with Crippen LogP contribution in [0.15, 0.2) is 4.52 Å². The van der Waals surface area contributed by atoms with Gasteiger partial charge in [-0.05, 0) is 5.75 Å². The van der Waals surface area contributed by atoms with Crippen LogP contribution in [0.3, 0.4) is 0 Å². The first-order valence-corrected chi connectivity index (χ1v) is 7.28. The maximum absolute atomic E-state index is 9.67. The number of nitrogens with zero attached hydrogens (tertiary/aromatic N) is 2. The largest absolute Gasteiger partial charge is 0.391 e. The van der Waals surface area contributed by atoms with E-state index < -0.39 is 0 Å². The van der Waals surface area contributed by atoms with Gasteiger partial charge in [0.05, 0.1) is 17.8 Å². The summed E-state index contributed by atoms with van der Waals surface area (Å²) < 4.78 is 5.17. The van der Waals surface area contributed by atoms with Gasteiger partial charge < -0.3 is 9.63 Å². The van der Waals surface area contributed by atoms with Gasteiger partial charge in [0.25, 0.3) is 0 Å². The summed E-state index contributed by atoms with van der Waals surface area (Å²) in [5, 5.41) is 13.6. The van der Waals surface area contributed by atoms with Crippen molar-refractivity contribution < 1.29 is 9.63 Å². The second kappa shape index (κ2) is 5.23. The molecule has 1 N–H and O–H groups in total. The molecule has 0 saturated carbocycles. The van der Waals surface area contributed by atoms with Gasteiger partial charge in [-0.15, -0.1) is 0 Å². The van der Waals surface area contributed by atoms with Crippen LogP contribution in [-0.4, -0.2) is 38.6 Å². The predicted octanol–water partition coefficient (Wildman–Crippen LogP) is 1.51. The van der Waals surface area contributed by atoms with E-state index in [0.29, 0.717) is 5.89 Å². The van der Waals surface area contributed by atoms with Crippen LogP contribution in [0.5, 0.6) is 0 Å². The highest BCUT2D eigenvalue weighted by molar-refractivity contribution is 7.99. The van der Waals surface area contributed by atoms with E-state index in [9.17, 15) is 5.11 Å². The van der Waals surface area contributed by atoms with Gasteiger partial charge in [-0.1, -0.05) is 12.1 Å². The number of aromatic nitrogens is 2. The summed E-state index contributed by atoms with van der Waals surface area (Å²) >= 11 is 3.49. The van der Waals surface area contributed by atoms with E-state index in [1.54, 1.807) is 23.5 Å². The summed E-state index contributed by atoms with van der Waals surface area (Å²) in [7, 11) is 0. The van der Waals surface area contributed by atoms with Crippen LogP contribution in [0, 0.1) is 0 Å². The molecule has 84 valence electrons. The number of hydrogen-bond donors (Lipinski definition) is 1. The molecule has 1 aromatic heterocycles. The molecule has 1 aliphatic heterocycles. The third-order valence-electron chi connectivity index (χ3n) is 2.29. The molecule has 1 aromatic rings. The standard InChI is InChI=1S/C9H14N2O2S2/c1-2-14-5-8-10-9(13-11-8)6-3-15-4-7(6)12/h6-7,12H,2-5H2,1H3. The molecule has 2 atom stereocenters. The van der Waals surface area contributed by atoms with Crippen molar-refractivity contribution in [2.24, 2.45) is 0 Å². The molecule has 15 heavy (non-hydrogen) atoms. The molecular weight excluding hydrogens is 232 g/mol. The molecule has 2 heterocycles. The van der Waals surface area contributed by atoms with Crippen LogP contribution in [-0.2, 0) is 5.75 Å². The van der Waals surface area contributed by atoms with Crippen molar-refractivity contribution in [3.63, 3.8) is 0 Å². The average Bonchev–Trinajstić information content (AvgIpc) is 2.83. The third kappa shape index (κ3) is 2.68. The Morgan fingerprint density at radius 3 is 3.13 bits per heavy atom. The molecular formula is C9H14N2O2S2. The molecule has 0 bridgehead atoms. The lowest BCUT2D eigenvalue weighted by atomic mass is 10.1. The zero-order chi connectivity index (χ0) is 10.7. The highest BCUT2D eigenvalue weighted by Crippen LogP contribution is 2.31. The van der Waals surface area contributed by atoms with E-state index in [4.69, 9.17) is 4.52 Å². The Morgan fingerprint density at radius 2 is 2.47 bits per heavy atom. The molecule has 2 rings (SSSR count). The molecule has 0 radical (unpaired) electrons. The molecule has 0 aliphatic carbocycles. The normalized spacial score (nSPS) is 26.0. The lowest BCUT2D eigenvalue weighted by molar-refractivity contribution is 0.164. The van der Waals surface area contributed by atoms with Gasteiger partial charge in [-0.25, -0.2) is 0 Å².